The van der Waals surface area contributed by atoms with Crippen molar-refractivity contribution in [1.82, 2.24) is 9.62 Å². The zero-order chi connectivity index (χ0) is 20.1. The number of piperidine rings is 1. The molecule has 1 aliphatic heterocycles. The molecule has 0 bridgehead atoms. The first-order chi connectivity index (χ1) is 13.4. The van der Waals surface area contributed by atoms with Crippen molar-refractivity contribution in [3.8, 4) is 5.75 Å². The molecule has 1 N–H and O–H groups in total. The molecule has 1 heterocycles. The Balaban J connectivity index is 1.57. The van der Waals surface area contributed by atoms with E-state index in [1.165, 1.54) is 29.6 Å². The third kappa shape index (κ3) is 4.51. The number of carbonyl (C=O) groups is 1. The molecule has 8 heteroatoms. The highest BCUT2D eigenvalue weighted by molar-refractivity contribution is 7.89. The minimum Gasteiger partial charge on any atom is -0.497 e. The number of hydrogen-bond acceptors (Lipinski definition) is 4. The molecule has 3 rings (SSSR count). The van der Waals surface area contributed by atoms with Crippen molar-refractivity contribution in [2.24, 2.45) is 5.92 Å². The van der Waals surface area contributed by atoms with Crippen LogP contribution < -0.4 is 10.1 Å². The van der Waals surface area contributed by atoms with Gasteiger partial charge in [0, 0.05) is 37.2 Å². The topological polar surface area (TPSA) is 75.7 Å². The van der Waals surface area contributed by atoms with Crippen molar-refractivity contribution >= 4 is 15.9 Å². The van der Waals surface area contributed by atoms with Gasteiger partial charge >= 0.3 is 0 Å². The van der Waals surface area contributed by atoms with Gasteiger partial charge in [-0.3, -0.25) is 4.79 Å². The second-order valence-electron chi connectivity index (χ2n) is 6.67. The average molecular weight is 406 g/mol. The lowest BCUT2D eigenvalue weighted by molar-refractivity contribution is -0.126. The minimum atomic E-state index is -3.63. The monoisotopic (exact) mass is 406 g/mol. The molecule has 1 aliphatic rings. The smallest absolute Gasteiger partial charge is 0.243 e. The summed E-state index contributed by atoms with van der Waals surface area (Å²) in [6, 6.07) is 12.6. The van der Waals surface area contributed by atoms with E-state index in [1.807, 2.05) is 0 Å². The number of benzene rings is 2. The maximum absolute atomic E-state index is 13.6. The first-order valence-corrected chi connectivity index (χ1v) is 10.5. The summed E-state index contributed by atoms with van der Waals surface area (Å²) in [5.74, 6) is -0.351. The van der Waals surface area contributed by atoms with E-state index in [-0.39, 0.29) is 42.2 Å². The number of sulfonamides is 1. The van der Waals surface area contributed by atoms with E-state index in [9.17, 15) is 17.6 Å². The van der Waals surface area contributed by atoms with Gasteiger partial charge in [-0.05, 0) is 31.0 Å². The summed E-state index contributed by atoms with van der Waals surface area (Å²) >= 11 is 0. The predicted molar refractivity (Wildman–Crippen MR) is 103 cm³/mol. The van der Waals surface area contributed by atoms with E-state index in [0.29, 0.717) is 24.2 Å². The number of methoxy groups -OCH3 is 1. The molecular formula is C20H23FN2O4S. The van der Waals surface area contributed by atoms with E-state index in [4.69, 9.17) is 4.74 Å². The molecule has 0 aliphatic carbocycles. The summed E-state index contributed by atoms with van der Waals surface area (Å²) in [5.41, 5.74) is 0.425. The second-order valence-corrected chi connectivity index (χ2v) is 8.60. The SMILES string of the molecule is COc1cccc(S(=O)(=O)N2CCC(C(=O)NCc3ccccc3F)CC2)c1. The Morgan fingerprint density at radius 3 is 2.57 bits per heavy atom. The predicted octanol–water partition coefficient (Wildman–Crippen LogP) is 2.55. The quantitative estimate of drug-likeness (QED) is 0.800. The number of carbonyl (C=O) groups excluding carboxylic acids is 1. The fraction of sp³-hybridized carbons (Fsp3) is 0.350. The second kappa shape index (κ2) is 8.70. The van der Waals surface area contributed by atoms with E-state index in [0.717, 1.165) is 0 Å². The lowest BCUT2D eigenvalue weighted by atomic mass is 9.97. The summed E-state index contributed by atoms with van der Waals surface area (Å²) in [7, 11) is -2.15. The number of halogens is 1. The standard InChI is InChI=1S/C20H23FN2O4S/c1-27-17-6-4-7-18(13-17)28(25,26)23-11-9-15(10-12-23)20(24)22-14-16-5-2-3-8-19(16)21/h2-8,13,15H,9-12,14H2,1H3,(H,22,24). The molecule has 1 saturated heterocycles. The van der Waals surface area contributed by atoms with Gasteiger partial charge in [0.2, 0.25) is 15.9 Å². The van der Waals surface area contributed by atoms with Crippen molar-refractivity contribution in [2.75, 3.05) is 20.2 Å². The Morgan fingerprint density at radius 2 is 1.89 bits per heavy atom. The Labute approximate surface area is 164 Å². The van der Waals surface area contributed by atoms with Crippen LogP contribution in [0.15, 0.2) is 53.4 Å². The van der Waals surface area contributed by atoms with Gasteiger partial charge in [-0.25, -0.2) is 12.8 Å². The first kappa shape index (κ1) is 20.3. The number of nitrogens with one attached hydrogen (secondary N) is 1. The number of rotatable bonds is 6. The summed E-state index contributed by atoms with van der Waals surface area (Å²) in [5, 5.41) is 2.75. The van der Waals surface area contributed by atoms with Crippen molar-refractivity contribution in [3.63, 3.8) is 0 Å². The van der Waals surface area contributed by atoms with E-state index < -0.39 is 10.0 Å². The van der Waals surface area contributed by atoms with Crippen molar-refractivity contribution in [1.29, 1.82) is 0 Å². The van der Waals surface area contributed by atoms with Gasteiger partial charge in [0.05, 0.1) is 12.0 Å². The van der Waals surface area contributed by atoms with Crippen molar-refractivity contribution in [3.05, 3.63) is 59.9 Å². The van der Waals surface area contributed by atoms with E-state index in [1.54, 1.807) is 30.3 Å². The maximum Gasteiger partial charge on any atom is 0.243 e. The molecular weight excluding hydrogens is 383 g/mol. The van der Waals surface area contributed by atoms with Gasteiger partial charge in [-0.15, -0.1) is 0 Å². The van der Waals surface area contributed by atoms with Gasteiger partial charge in [-0.1, -0.05) is 24.3 Å². The van der Waals surface area contributed by atoms with Crippen molar-refractivity contribution < 1.29 is 22.3 Å². The van der Waals surface area contributed by atoms with Crippen LogP contribution in [0.1, 0.15) is 18.4 Å². The largest absolute Gasteiger partial charge is 0.497 e. The molecule has 2 aromatic rings. The lowest BCUT2D eigenvalue weighted by Crippen LogP contribution is -2.42. The number of amides is 1. The highest BCUT2D eigenvalue weighted by atomic mass is 32.2. The first-order valence-electron chi connectivity index (χ1n) is 9.07. The van der Waals surface area contributed by atoms with Crippen LogP contribution in [0.25, 0.3) is 0 Å². The van der Waals surface area contributed by atoms with E-state index in [2.05, 4.69) is 5.32 Å². The minimum absolute atomic E-state index is 0.119. The summed E-state index contributed by atoms with van der Waals surface area (Å²) in [4.78, 5) is 12.5. The lowest BCUT2D eigenvalue weighted by Gasteiger charge is -2.30. The van der Waals surface area contributed by atoms with Gasteiger partial charge in [-0.2, -0.15) is 4.31 Å². The Hall–Kier alpha value is -2.45. The molecule has 0 saturated carbocycles. The van der Waals surface area contributed by atoms with Crippen LogP contribution in [-0.4, -0.2) is 38.8 Å². The molecule has 0 spiro atoms. The van der Waals surface area contributed by atoms with Gasteiger partial charge < -0.3 is 10.1 Å². The van der Waals surface area contributed by atoms with Gasteiger partial charge in [0.1, 0.15) is 11.6 Å². The van der Waals surface area contributed by atoms with Crippen molar-refractivity contribution in [2.45, 2.75) is 24.3 Å². The summed E-state index contributed by atoms with van der Waals surface area (Å²) in [6.07, 6.45) is 0.846. The zero-order valence-corrected chi connectivity index (χ0v) is 16.4. The Kier molecular flexibility index (Phi) is 6.31. The molecule has 1 amide bonds. The molecule has 0 atom stereocenters. The fourth-order valence-electron chi connectivity index (χ4n) is 3.24. The average Bonchev–Trinajstić information content (AvgIpc) is 2.73. The fourth-order valence-corrected chi connectivity index (χ4v) is 4.74. The molecule has 0 unspecified atom stereocenters. The third-order valence-corrected chi connectivity index (χ3v) is 6.81. The molecule has 150 valence electrons. The highest BCUT2D eigenvalue weighted by Crippen LogP contribution is 2.26. The molecule has 6 nitrogen and oxygen atoms in total. The molecule has 0 radical (unpaired) electrons. The van der Waals surface area contributed by atoms with Gasteiger partial charge in [0.25, 0.3) is 0 Å². The molecule has 1 fully saturated rings. The number of hydrogen-bond donors (Lipinski definition) is 1. The van der Waals surface area contributed by atoms with Crippen LogP contribution >= 0.6 is 0 Å². The van der Waals surface area contributed by atoms with Crippen LogP contribution in [0, 0.1) is 11.7 Å². The van der Waals surface area contributed by atoms with Crippen LogP contribution in [0.4, 0.5) is 4.39 Å². The van der Waals surface area contributed by atoms with Gasteiger partial charge in [0.15, 0.2) is 0 Å². The highest BCUT2D eigenvalue weighted by Gasteiger charge is 2.32. The summed E-state index contributed by atoms with van der Waals surface area (Å²) in [6.45, 7) is 0.641. The zero-order valence-electron chi connectivity index (χ0n) is 15.6. The molecule has 28 heavy (non-hydrogen) atoms. The Bertz CT molecular complexity index is 941. The molecule has 2 aromatic carbocycles. The van der Waals surface area contributed by atoms with Crippen LogP contribution in [-0.2, 0) is 21.4 Å². The normalized spacial score (nSPS) is 15.9. The number of ether oxygens (including phenoxy) is 1. The van der Waals surface area contributed by atoms with E-state index >= 15 is 0 Å². The van der Waals surface area contributed by atoms with Crippen LogP contribution in [0.3, 0.4) is 0 Å². The maximum atomic E-state index is 13.6. The Morgan fingerprint density at radius 1 is 1.18 bits per heavy atom. The van der Waals surface area contributed by atoms with Crippen LogP contribution in [0.2, 0.25) is 0 Å². The third-order valence-electron chi connectivity index (χ3n) is 4.91. The number of nitrogens with zero attached hydrogens (tertiary/aromatic N) is 1. The summed E-state index contributed by atoms with van der Waals surface area (Å²) < 4.78 is 45.7. The van der Waals surface area contributed by atoms with Crippen LogP contribution in [0.5, 0.6) is 5.75 Å². The molecule has 0 aromatic heterocycles.